The summed E-state index contributed by atoms with van der Waals surface area (Å²) in [5, 5.41) is 9.73. The molecule has 0 saturated carbocycles. The Morgan fingerprint density at radius 2 is 1.97 bits per heavy atom. The molecule has 2 saturated heterocycles. The third-order valence-electron chi connectivity index (χ3n) is 6.17. The lowest BCUT2D eigenvalue weighted by atomic mass is 10.00. The average molecular weight is 497 g/mol. The fraction of sp³-hybridized carbons (Fsp3) is 0.478. The summed E-state index contributed by atoms with van der Waals surface area (Å²) < 4.78 is 25.4. The van der Waals surface area contributed by atoms with Gasteiger partial charge in [0.2, 0.25) is 5.91 Å². The molecule has 2 atom stereocenters. The van der Waals surface area contributed by atoms with Crippen molar-refractivity contribution in [2.75, 3.05) is 50.6 Å². The van der Waals surface area contributed by atoms with E-state index in [4.69, 9.17) is 32.7 Å². The molecule has 0 spiro atoms. The van der Waals surface area contributed by atoms with Gasteiger partial charge >= 0.3 is 0 Å². The van der Waals surface area contributed by atoms with Crippen LogP contribution in [0, 0.1) is 17.7 Å². The number of carbonyl (C=O) groups excluding carboxylic acids is 1. The highest BCUT2D eigenvalue weighted by Crippen LogP contribution is 2.37. The number of ether oxygens (including phenoxy) is 2. The maximum Gasteiger partial charge on any atom is 0.232 e. The van der Waals surface area contributed by atoms with Gasteiger partial charge in [-0.1, -0.05) is 23.2 Å². The predicted molar refractivity (Wildman–Crippen MR) is 127 cm³/mol. The standard InChI is InChI=1S/C23H27Cl2FN4O3/c1-32-21-12-27-10-16(21)23(31)30-22-7-15(18(25)11-29-22)14-6-20(19(26)8-17(14)24)28-9-13-2-4-33-5-3-13/h6-8,11,13,16,21,27-28H,2-5,9-10,12H2,1H3,(H,29,30,31)/t16-,21-/m0/s1. The zero-order chi connectivity index (χ0) is 23.4. The lowest BCUT2D eigenvalue weighted by Gasteiger charge is -2.23. The lowest BCUT2D eigenvalue weighted by molar-refractivity contribution is -0.122. The number of pyridine rings is 1. The zero-order valence-electron chi connectivity index (χ0n) is 18.3. The maximum absolute atomic E-state index is 14.6. The van der Waals surface area contributed by atoms with Crippen LogP contribution in [0.2, 0.25) is 10.0 Å². The fourth-order valence-electron chi connectivity index (χ4n) is 4.19. The number of nitrogens with zero attached hydrogens (tertiary/aromatic N) is 1. The van der Waals surface area contributed by atoms with Crippen LogP contribution >= 0.6 is 23.2 Å². The number of anilines is 2. The number of aromatic nitrogens is 1. The summed E-state index contributed by atoms with van der Waals surface area (Å²) >= 11 is 12.8. The van der Waals surface area contributed by atoms with Crippen molar-refractivity contribution in [1.82, 2.24) is 10.3 Å². The Bertz CT molecular complexity index is 1000. The van der Waals surface area contributed by atoms with Gasteiger partial charge in [0.05, 0.1) is 27.8 Å². The van der Waals surface area contributed by atoms with Crippen LogP contribution in [-0.4, -0.2) is 57.0 Å². The van der Waals surface area contributed by atoms with Gasteiger partial charge in [0.15, 0.2) is 0 Å². The minimum Gasteiger partial charge on any atom is -0.382 e. The smallest absolute Gasteiger partial charge is 0.232 e. The molecule has 33 heavy (non-hydrogen) atoms. The SMILES string of the molecule is CO[C@H]1CNC[C@@H]1C(=O)Nc1cc(-c2cc(NCC3CCOCC3)c(F)cc2Cl)c(Cl)cn1. The van der Waals surface area contributed by atoms with Crippen LogP contribution in [0.4, 0.5) is 15.9 Å². The van der Waals surface area contributed by atoms with Crippen LogP contribution < -0.4 is 16.0 Å². The van der Waals surface area contributed by atoms with Gasteiger partial charge in [0, 0.05) is 57.3 Å². The summed E-state index contributed by atoms with van der Waals surface area (Å²) in [4.78, 5) is 16.9. The first-order valence-corrected chi connectivity index (χ1v) is 11.7. The number of rotatable bonds is 7. The summed E-state index contributed by atoms with van der Waals surface area (Å²) in [6, 6.07) is 4.56. The molecule has 3 heterocycles. The molecule has 10 heteroatoms. The van der Waals surface area contributed by atoms with E-state index in [1.807, 2.05) is 0 Å². The number of amides is 1. The van der Waals surface area contributed by atoms with E-state index in [9.17, 15) is 9.18 Å². The maximum atomic E-state index is 14.6. The number of carbonyl (C=O) groups is 1. The van der Waals surface area contributed by atoms with E-state index in [0.29, 0.717) is 53.2 Å². The first-order chi connectivity index (χ1) is 16.0. The largest absolute Gasteiger partial charge is 0.382 e. The Labute approximate surface area is 202 Å². The van der Waals surface area contributed by atoms with Crippen LogP contribution in [-0.2, 0) is 14.3 Å². The lowest BCUT2D eigenvalue weighted by Crippen LogP contribution is -2.33. The first kappa shape index (κ1) is 24.2. The fourth-order valence-corrected chi connectivity index (χ4v) is 4.65. The Balaban J connectivity index is 1.54. The number of halogens is 3. The van der Waals surface area contributed by atoms with E-state index in [1.165, 1.54) is 12.3 Å². The molecule has 0 radical (unpaired) electrons. The molecular formula is C23H27Cl2FN4O3. The van der Waals surface area contributed by atoms with Crippen molar-refractivity contribution < 1.29 is 18.7 Å². The molecule has 4 rings (SSSR count). The molecular weight excluding hydrogens is 470 g/mol. The van der Waals surface area contributed by atoms with Gasteiger partial charge in [-0.2, -0.15) is 0 Å². The molecule has 0 aliphatic carbocycles. The Morgan fingerprint density at radius 3 is 2.73 bits per heavy atom. The molecule has 2 aliphatic rings. The van der Waals surface area contributed by atoms with Crippen molar-refractivity contribution in [3.05, 3.63) is 40.3 Å². The van der Waals surface area contributed by atoms with E-state index in [1.54, 1.807) is 19.2 Å². The number of hydrogen-bond donors (Lipinski definition) is 3. The van der Waals surface area contributed by atoms with Crippen molar-refractivity contribution in [2.45, 2.75) is 18.9 Å². The van der Waals surface area contributed by atoms with Gasteiger partial charge in [-0.25, -0.2) is 9.37 Å². The predicted octanol–water partition coefficient (Wildman–Crippen LogP) is 4.21. The summed E-state index contributed by atoms with van der Waals surface area (Å²) in [6.07, 6.45) is 3.12. The molecule has 2 aliphatic heterocycles. The zero-order valence-corrected chi connectivity index (χ0v) is 19.8. The van der Waals surface area contributed by atoms with Crippen molar-refractivity contribution >= 4 is 40.6 Å². The van der Waals surface area contributed by atoms with E-state index < -0.39 is 5.82 Å². The Morgan fingerprint density at radius 1 is 1.21 bits per heavy atom. The second-order valence-corrected chi connectivity index (χ2v) is 9.14. The van der Waals surface area contributed by atoms with Crippen LogP contribution in [0.1, 0.15) is 12.8 Å². The average Bonchev–Trinajstić information content (AvgIpc) is 3.30. The first-order valence-electron chi connectivity index (χ1n) is 11.0. The van der Waals surface area contributed by atoms with Crippen LogP contribution in [0.5, 0.6) is 0 Å². The molecule has 0 unspecified atom stereocenters. The summed E-state index contributed by atoms with van der Waals surface area (Å²) in [5.41, 5.74) is 1.45. The normalized spacial score (nSPS) is 21.2. The van der Waals surface area contributed by atoms with E-state index >= 15 is 0 Å². The van der Waals surface area contributed by atoms with Crippen LogP contribution in [0.3, 0.4) is 0 Å². The summed E-state index contributed by atoms with van der Waals surface area (Å²) in [6.45, 7) is 3.23. The van der Waals surface area contributed by atoms with Gasteiger partial charge < -0.3 is 25.4 Å². The summed E-state index contributed by atoms with van der Waals surface area (Å²) in [5.74, 6) is -0.209. The highest BCUT2D eigenvalue weighted by molar-refractivity contribution is 6.36. The number of methoxy groups -OCH3 is 1. The van der Waals surface area contributed by atoms with E-state index in [-0.39, 0.29) is 23.0 Å². The molecule has 7 nitrogen and oxygen atoms in total. The van der Waals surface area contributed by atoms with Crippen LogP contribution in [0.15, 0.2) is 24.4 Å². The van der Waals surface area contributed by atoms with Crippen molar-refractivity contribution in [2.24, 2.45) is 11.8 Å². The highest BCUT2D eigenvalue weighted by Gasteiger charge is 2.33. The monoisotopic (exact) mass is 496 g/mol. The second kappa shape index (κ2) is 11.0. The molecule has 1 aromatic carbocycles. The molecule has 2 aromatic rings. The van der Waals surface area contributed by atoms with Gasteiger partial charge in [0.25, 0.3) is 0 Å². The highest BCUT2D eigenvalue weighted by atomic mass is 35.5. The van der Waals surface area contributed by atoms with Gasteiger partial charge in [-0.15, -0.1) is 0 Å². The molecule has 1 aromatic heterocycles. The van der Waals surface area contributed by atoms with Crippen molar-refractivity contribution in [3.8, 4) is 11.1 Å². The Hall–Kier alpha value is -1.97. The Kier molecular flexibility index (Phi) is 8.03. The van der Waals surface area contributed by atoms with Crippen molar-refractivity contribution in [3.63, 3.8) is 0 Å². The quantitative estimate of drug-likeness (QED) is 0.532. The number of benzene rings is 1. The van der Waals surface area contributed by atoms with Crippen molar-refractivity contribution in [1.29, 1.82) is 0 Å². The molecule has 1 amide bonds. The number of nitrogens with one attached hydrogen (secondary N) is 3. The van der Waals surface area contributed by atoms with E-state index in [0.717, 1.165) is 26.1 Å². The minimum absolute atomic E-state index is 0.198. The van der Waals surface area contributed by atoms with Gasteiger partial charge in [-0.3, -0.25) is 4.79 Å². The second-order valence-electron chi connectivity index (χ2n) is 8.33. The molecule has 3 N–H and O–H groups in total. The third-order valence-corrected chi connectivity index (χ3v) is 6.79. The summed E-state index contributed by atoms with van der Waals surface area (Å²) in [7, 11) is 1.58. The van der Waals surface area contributed by atoms with Crippen LogP contribution in [0.25, 0.3) is 11.1 Å². The number of hydrogen-bond acceptors (Lipinski definition) is 6. The van der Waals surface area contributed by atoms with Gasteiger partial charge in [-0.05, 0) is 37.0 Å². The topological polar surface area (TPSA) is 84.5 Å². The minimum atomic E-state index is -0.436. The third kappa shape index (κ3) is 5.75. The molecule has 0 bridgehead atoms. The van der Waals surface area contributed by atoms with Gasteiger partial charge in [0.1, 0.15) is 11.6 Å². The molecule has 2 fully saturated rings. The van der Waals surface area contributed by atoms with E-state index in [2.05, 4.69) is 20.9 Å². The molecule has 178 valence electrons.